The Morgan fingerprint density at radius 2 is 2.21 bits per heavy atom. The van der Waals surface area contributed by atoms with Crippen LogP contribution in [0.25, 0.3) is 5.65 Å². The third-order valence-corrected chi connectivity index (χ3v) is 3.20. The second kappa shape index (κ2) is 4.97. The number of pyridine rings is 1. The second-order valence-electron chi connectivity index (χ2n) is 5.27. The van der Waals surface area contributed by atoms with Gasteiger partial charge in [0.2, 0.25) is 5.91 Å². The number of rotatable bonds is 4. The molecule has 0 bridgehead atoms. The van der Waals surface area contributed by atoms with Crippen molar-refractivity contribution in [2.45, 2.75) is 26.8 Å². The maximum atomic E-state index is 12.1. The van der Waals surface area contributed by atoms with Gasteiger partial charge in [-0.15, -0.1) is 10.2 Å². The van der Waals surface area contributed by atoms with Crippen LogP contribution in [0.5, 0.6) is 0 Å². The third kappa shape index (κ3) is 2.58. The predicted molar refractivity (Wildman–Crippen MR) is 72.4 cm³/mol. The Bertz CT molecular complexity index is 589. The van der Waals surface area contributed by atoms with Crippen molar-refractivity contribution in [2.24, 2.45) is 11.1 Å². The van der Waals surface area contributed by atoms with E-state index in [0.29, 0.717) is 12.4 Å². The minimum atomic E-state index is -0.589. The van der Waals surface area contributed by atoms with Crippen LogP contribution in [0.4, 0.5) is 0 Å². The van der Waals surface area contributed by atoms with E-state index in [1.54, 1.807) is 0 Å². The van der Waals surface area contributed by atoms with Crippen LogP contribution >= 0.6 is 0 Å². The number of nitrogens with two attached hydrogens (primary N) is 1. The van der Waals surface area contributed by atoms with Gasteiger partial charge in [-0.2, -0.15) is 0 Å². The fourth-order valence-corrected chi connectivity index (χ4v) is 1.70. The van der Waals surface area contributed by atoms with Gasteiger partial charge in [-0.25, -0.2) is 0 Å². The molecule has 1 unspecified atom stereocenters. The summed E-state index contributed by atoms with van der Waals surface area (Å²) >= 11 is 0. The fraction of sp³-hybridized carbons (Fsp3) is 0.462. The van der Waals surface area contributed by atoms with Gasteiger partial charge in [0.05, 0.1) is 11.5 Å². The molecule has 1 amide bonds. The van der Waals surface area contributed by atoms with Crippen LogP contribution in [-0.2, 0) is 4.79 Å². The lowest BCUT2D eigenvalue weighted by Gasteiger charge is -2.23. The molecule has 0 fully saturated rings. The standard InChI is InChI=1S/C13H19N5O/c1-9(15-12(19)13(2,3)8-14)11-17-16-10-6-4-5-7-18(10)11/h4-7,9H,8,14H2,1-3H3,(H,15,19). The van der Waals surface area contributed by atoms with Crippen LogP contribution in [0, 0.1) is 5.41 Å². The summed E-state index contributed by atoms with van der Waals surface area (Å²) in [6, 6.07) is 5.44. The van der Waals surface area contributed by atoms with E-state index in [1.165, 1.54) is 0 Å². The Hall–Kier alpha value is -1.95. The van der Waals surface area contributed by atoms with E-state index in [2.05, 4.69) is 15.5 Å². The number of hydrogen-bond donors (Lipinski definition) is 2. The maximum Gasteiger partial charge on any atom is 0.227 e. The number of hydrogen-bond acceptors (Lipinski definition) is 4. The van der Waals surface area contributed by atoms with Crippen molar-refractivity contribution in [3.63, 3.8) is 0 Å². The first-order chi connectivity index (χ1) is 8.95. The summed E-state index contributed by atoms with van der Waals surface area (Å²) in [6.45, 7) is 5.81. The third-order valence-electron chi connectivity index (χ3n) is 3.20. The molecule has 0 saturated heterocycles. The summed E-state index contributed by atoms with van der Waals surface area (Å²) in [5, 5.41) is 11.1. The molecule has 0 aliphatic heterocycles. The lowest BCUT2D eigenvalue weighted by Crippen LogP contribution is -2.43. The normalized spacial score (nSPS) is 13.5. The molecule has 2 aromatic rings. The highest BCUT2D eigenvalue weighted by molar-refractivity contribution is 5.82. The highest BCUT2D eigenvalue weighted by Crippen LogP contribution is 2.17. The molecule has 3 N–H and O–H groups in total. The number of fused-ring (bicyclic) bond motifs is 1. The lowest BCUT2D eigenvalue weighted by molar-refractivity contribution is -0.129. The minimum Gasteiger partial charge on any atom is -0.346 e. The van der Waals surface area contributed by atoms with Crippen molar-refractivity contribution in [1.82, 2.24) is 19.9 Å². The first kappa shape index (κ1) is 13.5. The van der Waals surface area contributed by atoms with E-state index in [9.17, 15) is 4.79 Å². The lowest BCUT2D eigenvalue weighted by atomic mass is 9.92. The van der Waals surface area contributed by atoms with Crippen molar-refractivity contribution in [1.29, 1.82) is 0 Å². The van der Waals surface area contributed by atoms with Crippen LogP contribution in [0.2, 0.25) is 0 Å². The van der Waals surface area contributed by atoms with Gasteiger partial charge in [0.1, 0.15) is 0 Å². The zero-order valence-electron chi connectivity index (χ0n) is 11.4. The van der Waals surface area contributed by atoms with Crippen molar-refractivity contribution in [3.8, 4) is 0 Å². The Labute approximate surface area is 112 Å². The van der Waals surface area contributed by atoms with Crippen LogP contribution in [0.3, 0.4) is 0 Å². The highest BCUT2D eigenvalue weighted by Gasteiger charge is 2.28. The summed E-state index contributed by atoms with van der Waals surface area (Å²) in [5.41, 5.74) is 5.77. The van der Waals surface area contributed by atoms with Gasteiger partial charge in [0.15, 0.2) is 11.5 Å². The van der Waals surface area contributed by atoms with Crippen LogP contribution < -0.4 is 11.1 Å². The van der Waals surface area contributed by atoms with Gasteiger partial charge in [-0.3, -0.25) is 9.20 Å². The SMILES string of the molecule is CC(NC(=O)C(C)(C)CN)c1nnc2ccccn12. The summed E-state index contributed by atoms with van der Waals surface area (Å²) in [6.07, 6.45) is 1.88. The Kier molecular flexibility index (Phi) is 3.53. The molecule has 2 rings (SSSR count). The summed E-state index contributed by atoms with van der Waals surface area (Å²) in [5.74, 6) is 0.618. The van der Waals surface area contributed by atoms with Crippen molar-refractivity contribution < 1.29 is 4.79 Å². The van der Waals surface area contributed by atoms with Crippen LogP contribution in [0.15, 0.2) is 24.4 Å². The number of nitrogens with one attached hydrogen (secondary N) is 1. The van der Waals surface area contributed by atoms with E-state index >= 15 is 0 Å². The molecule has 0 aliphatic carbocycles. The first-order valence-corrected chi connectivity index (χ1v) is 6.26. The zero-order chi connectivity index (χ0) is 14.0. The number of nitrogens with zero attached hydrogens (tertiary/aromatic N) is 3. The largest absolute Gasteiger partial charge is 0.346 e. The average Bonchev–Trinajstić information content (AvgIpc) is 2.82. The summed E-state index contributed by atoms with van der Waals surface area (Å²) < 4.78 is 1.86. The molecule has 0 saturated carbocycles. The van der Waals surface area contributed by atoms with Gasteiger partial charge in [0, 0.05) is 12.7 Å². The first-order valence-electron chi connectivity index (χ1n) is 6.26. The Balaban J connectivity index is 2.21. The van der Waals surface area contributed by atoms with E-state index in [4.69, 9.17) is 5.73 Å². The molecule has 0 spiro atoms. The zero-order valence-corrected chi connectivity index (χ0v) is 11.4. The quantitative estimate of drug-likeness (QED) is 0.856. The number of carbonyl (C=O) groups is 1. The summed E-state index contributed by atoms with van der Waals surface area (Å²) in [7, 11) is 0. The van der Waals surface area contributed by atoms with Gasteiger partial charge < -0.3 is 11.1 Å². The average molecular weight is 261 g/mol. The van der Waals surface area contributed by atoms with Gasteiger partial charge in [-0.05, 0) is 32.9 Å². The molecule has 0 aromatic carbocycles. The van der Waals surface area contributed by atoms with Crippen molar-refractivity contribution in [3.05, 3.63) is 30.2 Å². The van der Waals surface area contributed by atoms with Gasteiger partial charge >= 0.3 is 0 Å². The van der Waals surface area contributed by atoms with Gasteiger partial charge in [0.25, 0.3) is 0 Å². The molecule has 2 aromatic heterocycles. The molecular formula is C13H19N5O. The highest BCUT2D eigenvalue weighted by atomic mass is 16.2. The summed E-state index contributed by atoms with van der Waals surface area (Å²) in [4.78, 5) is 12.1. The molecule has 1 atom stereocenters. The topological polar surface area (TPSA) is 85.3 Å². The smallest absolute Gasteiger partial charge is 0.227 e. The van der Waals surface area contributed by atoms with E-state index in [1.807, 2.05) is 49.6 Å². The minimum absolute atomic E-state index is 0.0878. The second-order valence-corrected chi connectivity index (χ2v) is 5.27. The van der Waals surface area contributed by atoms with Gasteiger partial charge in [-0.1, -0.05) is 6.07 Å². The molecule has 0 aliphatic rings. The number of aromatic nitrogens is 3. The number of carbonyl (C=O) groups excluding carboxylic acids is 1. The van der Waals surface area contributed by atoms with Crippen LogP contribution in [-0.4, -0.2) is 27.0 Å². The molecular weight excluding hydrogens is 242 g/mol. The van der Waals surface area contributed by atoms with Crippen LogP contribution in [0.1, 0.15) is 32.6 Å². The fourth-order valence-electron chi connectivity index (χ4n) is 1.70. The van der Waals surface area contributed by atoms with Crippen molar-refractivity contribution >= 4 is 11.6 Å². The Morgan fingerprint density at radius 3 is 2.89 bits per heavy atom. The number of amides is 1. The molecule has 2 heterocycles. The maximum absolute atomic E-state index is 12.1. The van der Waals surface area contributed by atoms with E-state index in [0.717, 1.165) is 5.65 Å². The Morgan fingerprint density at radius 1 is 1.47 bits per heavy atom. The van der Waals surface area contributed by atoms with E-state index < -0.39 is 5.41 Å². The molecule has 6 heteroatoms. The monoisotopic (exact) mass is 261 g/mol. The molecule has 19 heavy (non-hydrogen) atoms. The van der Waals surface area contributed by atoms with E-state index in [-0.39, 0.29) is 11.9 Å². The molecule has 0 radical (unpaired) electrons. The van der Waals surface area contributed by atoms with Crippen molar-refractivity contribution in [2.75, 3.05) is 6.54 Å². The molecule has 6 nitrogen and oxygen atoms in total. The molecule has 102 valence electrons. The predicted octanol–water partition coefficient (Wildman–Crippen LogP) is 0.891.